The standard InChI is InChI=1S/C64H121NO5/c1-4-7-10-13-16-19-22-25-28-30-31-33-36-39-42-45-48-51-54-57-64(69)70-60(55-52-49-46-43-40-37-34-27-24-21-18-15-12-9-6-3)58-63(68)65-61(59-66)62(67)56-53-50-47-44-41-38-35-32-29-26-23-20-17-14-11-8-5-2/h16,19,25,28,31,33,60-62,66-67H,4-15,17-18,20-24,26-27,29-30,32,34-59H2,1-3H3,(H,65,68)/b19-16-,28-25-,33-31-. The van der Waals surface area contributed by atoms with Crippen molar-refractivity contribution in [3.8, 4) is 0 Å². The number of nitrogens with one attached hydrogen (secondary N) is 1. The molecule has 0 rings (SSSR count). The average molecular weight is 985 g/mol. The Morgan fingerprint density at radius 3 is 1.13 bits per heavy atom. The summed E-state index contributed by atoms with van der Waals surface area (Å²) in [5.41, 5.74) is 0. The second-order valence-corrected chi connectivity index (χ2v) is 21.5. The van der Waals surface area contributed by atoms with Crippen LogP contribution in [0.15, 0.2) is 36.5 Å². The lowest BCUT2D eigenvalue weighted by atomic mass is 10.0. The predicted molar refractivity (Wildman–Crippen MR) is 306 cm³/mol. The zero-order valence-corrected chi connectivity index (χ0v) is 47.2. The summed E-state index contributed by atoms with van der Waals surface area (Å²) >= 11 is 0. The van der Waals surface area contributed by atoms with Crippen molar-refractivity contribution < 1.29 is 24.5 Å². The summed E-state index contributed by atoms with van der Waals surface area (Å²) in [5.74, 6) is -0.468. The second-order valence-electron chi connectivity index (χ2n) is 21.5. The topological polar surface area (TPSA) is 95.9 Å². The van der Waals surface area contributed by atoms with E-state index in [0.717, 1.165) is 64.2 Å². The van der Waals surface area contributed by atoms with Gasteiger partial charge in [0.05, 0.1) is 25.2 Å². The van der Waals surface area contributed by atoms with Crippen LogP contribution in [0.3, 0.4) is 0 Å². The van der Waals surface area contributed by atoms with E-state index in [-0.39, 0.29) is 24.9 Å². The van der Waals surface area contributed by atoms with Crippen molar-refractivity contribution in [2.75, 3.05) is 6.61 Å². The van der Waals surface area contributed by atoms with Crippen molar-refractivity contribution in [2.24, 2.45) is 0 Å². The summed E-state index contributed by atoms with van der Waals surface area (Å²) in [6.45, 7) is 6.51. The van der Waals surface area contributed by atoms with Crippen LogP contribution < -0.4 is 5.32 Å². The lowest BCUT2D eigenvalue weighted by Gasteiger charge is -2.24. The number of unbranched alkanes of at least 4 members (excludes halogenated alkanes) is 39. The van der Waals surface area contributed by atoms with Crippen LogP contribution in [0.4, 0.5) is 0 Å². The second kappa shape index (κ2) is 58.0. The summed E-state index contributed by atoms with van der Waals surface area (Å²) in [6.07, 6.45) is 70.7. The maximum atomic E-state index is 13.3. The number of carbonyl (C=O) groups is 2. The Morgan fingerprint density at radius 2 is 0.729 bits per heavy atom. The SMILES string of the molecule is CCCCC/C=C\C/C=C\C/C=C\CCCCCCCCC(=O)OC(CCCCCCCCCCCCCCCCC)CC(=O)NC(CO)C(O)CCCCCCCCCCCCCCCCCCC. The predicted octanol–water partition coefficient (Wildman–Crippen LogP) is 19.6. The fraction of sp³-hybridized carbons (Fsp3) is 0.875. The van der Waals surface area contributed by atoms with Gasteiger partial charge in [-0.1, -0.05) is 295 Å². The number of hydrogen-bond donors (Lipinski definition) is 3. The van der Waals surface area contributed by atoms with Crippen LogP contribution in [0.1, 0.15) is 335 Å². The number of allylic oxidation sites excluding steroid dienone is 6. The molecule has 412 valence electrons. The first-order valence-corrected chi connectivity index (χ1v) is 31.2. The highest BCUT2D eigenvalue weighted by molar-refractivity contribution is 5.77. The molecule has 6 nitrogen and oxygen atoms in total. The lowest BCUT2D eigenvalue weighted by Crippen LogP contribution is -2.46. The van der Waals surface area contributed by atoms with Crippen LogP contribution in [-0.2, 0) is 14.3 Å². The third-order valence-corrected chi connectivity index (χ3v) is 14.5. The highest BCUT2D eigenvalue weighted by atomic mass is 16.5. The van der Waals surface area contributed by atoms with Gasteiger partial charge in [0.1, 0.15) is 6.10 Å². The molecule has 1 amide bonds. The smallest absolute Gasteiger partial charge is 0.306 e. The van der Waals surface area contributed by atoms with Crippen LogP contribution in [-0.4, -0.2) is 46.9 Å². The Bertz CT molecular complexity index is 1150. The molecule has 6 heteroatoms. The molecule has 0 saturated carbocycles. The third kappa shape index (κ3) is 52.4. The lowest BCUT2D eigenvalue weighted by molar-refractivity contribution is -0.151. The number of esters is 1. The summed E-state index contributed by atoms with van der Waals surface area (Å²) in [7, 11) is 0. The Morgan fingerprint density at radius 1 is 0.414 bits per heavy atom. The van der Waals surface area contributed by atoms with Crippen LogP contribution in [0.2, 0.25) is 0 Å². The number of ether oxygens (including phenoxy) is 1. The monoisotopic (exact) mass is 984 g/mol. The molecule has 0 heterocycles. The Labute approximate surface area is 436 Å². The normalized spacial score (nSPS) is 13.3. The van der Waals surface area contributed by atoms with Crippen LogP contribution >= 0.6 is 0 Å². The number of amides is 1. The minimum Gasteiger partial charge on any atom is -0.462 e. The van der Waals surface area contributed by atoms with E-state index in [0.29, 0.717) is 19.3 Å². The first-order chi connectivity index (χ1) is 34.5. The molecule has 3 unspecified atom stereocenters. The molecule has 0 aliphatic rings. The fourth-order valence-corrected chi connectivity index (χ4v) is 9.73. The molecule has 0 spiro atoms. The van der Waals surface area contributed by atoms with Crippen molar-refractivity contribution in [1.29, 1.82) is 0 Å². The first-order valence-electron chi connectivity index (χ1n) is 31.2. The van der Waals surface area contributed by atoms with Gasteiger partial charge < -0.3 is 20.3 Å². The van der Waals surface area contributed by atoms with Gasteiger partial charge in [-0.3, -0.25) is 9.59 Å². The van der Waals surface area contributed by atoms with E-state index >= 15 is 0 Å². The minimum atomic E-state index is -0.789. The van der Waals surface area contributed by atoms with Crippen LogP contribution in [0.25, 0.3) is 0 Å². The van der Waals surface area contributed by atoms with E-state index in [2.05, 4.69) is 62.5 Å². The summed E-state index contributed by atoms with van der Waals surface area (Å²) < 4.78 is 5.98. The fourth-order valence-electron chi connectivity index (χ4n) is 9.73. The minimum absolute atomic E-state index is 0.0773. The van der Waals surface area contributed by atoms with E-state index in [4.69, 9.17) is 4.74 Å². The Hall–Kier alpha value is -1.92. The van der Waals surface area contributed by atoms with Gasteiger partial charge in [-0.25, -0.2) is 0 Å². The van der Waals surface area contributed by atoms with Crippen molar-refractivity contribution >= 4 is 11.9 Å². The van der Waals surface area contributed by atoms with Crippen molar-refractivity contribution in [2.45, 2.75) is 354 Å². The van der Waals surface area contributed by atoms with E-state index in [9.17, 15) is 19.8 Å². The van der Waals surface area contributed by atoms with Gasteiger partial charge in [-0.15, -0.1) is 0 Å². The van der Waals surface area contributed by atoms with E-state index in [1.807, 2.05) is 0 Å². The molecular weight excluding hydrogens is 863 g/mol. The van der Waals surface area contributed by atoms with Crippen LogP contribution in [0, 0.1) is 0 Å². The van der Waals surface area contributed by atoms with Gasteiger partial charge in [0, 0.05) is 6.42 Å². The molecule has 0 radical (unpaired) electrons. The molecular formula is C64H121NO5. The van der Waals surface area contributed by atoms with Gasteiger partial charge in [0.2, 0.25) is 5.91 Å². The summed E-state index contributed by atoms with van der Waals surface area (Å²) in [4.78, 5) is 26.4. The van der Waals surface area contributed by atoms with E-state index < -0.39 is 18.2 Å². The number of carbonyl (C=O) groups excluding carboxylic acids is 2. The van der Waals surface area contributed by atoms with Gasteiger partial charge in [-0.2, -0.15) is 0 Å². The maximum absolute atomic E-state index is 13.3. The Kier molecular flexibility index (Phi) is 56.4. The van der Waals surface area contributed by atoms with Gasteiger partial charge in [0.15, 0.2) is 0 Å². The average Bonchev–Trinajstić information content (AvgIpc) is 3.35. The van der Waals surface area contributed by atoms with E-state index in [1.165, 1.54) is 225 Å². The van der Waals surface area contributed by atoms with Crippen molar-refractivity contribution in [3.05, 3.63) is 36.5 Å². The quantitative estimate of drug-likeness (QED) is 0.0321. The molecule has 0 saturated heterocycles. The van der Waals surface area contributed by atoms with Crippen molar-refractivity contribution in [1.82, 2.24) is 5.32 Å². The number of aliphatic hydroxyl groups is 2. The zero-order valence-electron chi connectivity index (χ0n) is 47.2. The molecule has 0 bridgehead atoms. The third-order valence-electron chi connectivity index (χ3n) is 14.5. The largest absolute Gasteiger partial charge is 0.462 e. The number of hydrogen-bond acceptors (Lipinski definition) is 5. The van der Waals surface area contributed by atoms with Gasteiger partial charge >= 0.3 is 5.97 Å². The molecule has 3 N–H and O–H groups in total. The molecule has 0 aliphatic carbocycles. The molecule has 70 heavy (non-hydrogen) atoms. The molecule has 0 aromatic heterocycles. The highest BCUT2D eigenvalue weighted by Gasteiger charge is 2.24. The first kappa shape index (κ1) is 68.1. The molecule has 0 fully saturated rings. The Balaban J connectivity index is 4.51. The molecule has 0 aliphatic heterocycles. The number of aliphatic hydroxyl groups excluding tert-OH is 2. The number of rotatable bonds is 57. The summed E-state index contributed by atoms with van der Waals surface area (Å²) in [6, 6.07) is -0.703. The van der Waals surface area contributed by atoms with E-state index in [1.54, 1.807) is 0 Å². The van der Waals surface area contributed by atoms with Gasteiger partial charge in [0.25, 0.3) is 0 Å². The van der Waals surface area contributed by atoms with Crippen molar-refractivity contribution in [3.63, 3.8) is 0 Å². The van der Waals surface area contributed by atoms with Crippen LogP contribution in [0.5, 0.6) is 0 Å². The zero-order chi connectivity index (χ0) is 50.9. The molecule has 3 atom stereocenters. The maximum Gasteiger partial charge on any atom is 0.306 e. The molecule has 0 aromatic rings. The summed E-state index contributed by atoms with van der Waals surface area (Å²) in [5, 5.41) is 24.0. The highest BCUT2D eigenvalue weighted by Crippen LogP contribution is 2.19. The molecule has 0 aromatic carbocycles. The van der Waals surface area contributed by atoms with Gasteiger partial charge in [-0.05, 0) is 64.2 Å².